The van der Waals surface area contributed by atoms with Crippen molar-refractivity contribution in [3.05, 3.63) is 27.5 Å². The molecule has 4 heteroatoms. The fourth-order valence-corrected chi connectivity index (χ4v) is 2.11. The molecule has 0 aliphatic carbocycles. The van der Waals surface area contributed by atoms with Gasteiger partial charge in [-0.25, -0.2) is 4.98 Å². The first kappa shape index (κ1) is 8.08. The van der Waals surface area contributed by atoms with Crippen molar-refractivity contribution in [2.45, 2.75) is 6.92 Å². The molecule has 1 N–H and O–H groups in total. The van der Waals surface area contributed by atoms with Gasteiger partial charge in [0, 0.05) is 16.1 Å². The third-order valence-corrected chi connectivity index (χ3v) is 2.58. The van der Waals surface area contributed by atoms with Gasteiger partial charge in [0.05, 0.1) is 0 Å². The Hall–Kier alpha value is -0.540. The molecule has 0 atom stereocenters. The molecule has 0 bridgehead atoms. The van der Waals surface area contributed by atoms with E-state index in [1.54, 1.807) is 0 Å². The summed E-state index contributed by atoms with van der Waals surface area (Å²) in [4.78, 5) is 7.16. The Kier molecular flexibility index (Phi) is 1.85. The zero-order valence-corrected chi connectivity index (χ0v) is 8.70. The highest BCUT2D eigenvalue weighted by Gasteiger charge is 2.05. The van der Waals surface area contributed by atoms with Gasteiger partial charge >= 0.3 is 0 Å². The maximum absolute atomic E-state index is 5.79. The highest BCUT2D eigenvalue weighted by molar-refractivity contribution is 9.10. The van der Waals surface area contributed by atoms with E-state index in [-0.39, 0.29) is 0 Å². The van der Waals surface area contributed by atoms with Crippen LogP contribution in [0, 0.1) is 6.92 Å². The fraction of sp³-hybridized carbons (Fsp3) is 0.125. The van der Waals surface area contributed by atoms with Gasteiger partial charge in [-0.1, -0.05) is 11.6 Å². The summed E-state index contributed by atoms with van der Waals surface area (Å²) in [5.74, 6) is 0. The minimum absolute atomic E-state index is 0.523. The lowest BCUT2D eigenvalue weighted by Crippen LogP contribution is -1.81. The van der Waals surface area contributed by atoms with E-state index in [2.05, 4.69) is 25.9 Å². The van der Waals surface area contributed by atoms with Crippen LogP contribution in [0.2, 0.25) is 5.15 Å². The Balaban J connectivity index is 2.93. The fourth-order valence-electron chi connectivity index (χ4n) is 1.24. The predicted molar refractivity (Wildman–Crippen MR) is 53.5 cm³/mol. The number of aromatic amines is 1. The predicted octanol–water partition coefficient (Wildman–Crippen LogP) is 3.29. The first-order valence-electron chi connectivity index (χ1n) is 3.48. The molecule has 2 rings (SSSR count). The standard InChI is InChI=1S/C8H6BrClN2/c1-4-2-6(10)12-8-7(4)5(9)3-11-8/h2-3H,1H3,(H,11,12). The zero-order valence-electron chi connectivity index (χ0n) is 6.36. The normalized spacial score (nSPS) is 10.9. The summed E-state index contributed by atoms with van der Waals surface area (Å²) in [6, 6.07) is 1.85. The van der Waals surface area contributed by atoms with Crippen molar-refractivity contribution in [3.8, 4) is 0 Å². The lowest BCUT2D eigenvalue weighted by atomic mass is 10.2. The molecule has 0 saturated carbocycles. The van der Waals surface area contributed by atoms with Crippen LogP contribution >= 0.6 is 27.5 Å². The van der Waals surface area contributed by atoms with E-state index in [9.17, 15) is 0 Å². The van der Waals surface area contributed by atoms with Crippen LogP contribution in [0.4, 0.5) is 0 Å². The quantitative estimate of drug-likeness (QED) is 0.709. The Morgan fingerprint density at radius 3 is 3.08 bits per heavy atom. The van der Waals surface area contributed by atoms with Crippen LogP contribution in [-0.4, -0.2) is 9.97 Å². The lowest BCUT2D eigenvalue weighted by molar-refractivity contribution is 1.31. The number of H-pyrrole nitrogens is 1. The molecule has 2 heterocycles. The zero-order chi connectivity index (χ0) is 8.72. The molecule has 0 fully saturated rings. The number of aromatic nitrogens is 2. The maximum Gasteiger partial charge on any atom is 0.140 e. The number of halogens is 2. The van der Waals surface area contributed by atoms with Gasteiger partial charge in [0.25, 0.3) is 0 Å². The summed E-state index contributed by atoms with van der Waals surface area (Å²) in [5.41, 5.74) is 1.95. The Labute approximate surface area is 83.1 Å². The Morgan fingerprint density at radius 2 is 2.33 bits per heavy atom. The minimum Gasteiger partial charge on any atom is -0.345 e. The average molecular weight is 246 g/mol. The number of pyridine rings is 1. The number of fused-ring (bicyclic) bond motifs is 1. The van der Waals surface area contributed by atoms with Crippen LogP contribution in [-0.2, 0) is 0 Å². The second kappa shape index (κ2) is 2.75. The largest absolute Gasteiger partial charge is 0.345 e. The molecule has 2 aromatic rings. The van der Waals surface area contributed by atoms with Crippen molar-refractivity contribution in [2.75, 3.05) is 0 Å². The number of nitrogens with zero attached hydrogens (tertiary/aromatic N) is 1. The molecule has 12 heavy (non-hydrogen) atoms. The number of hydrogen-bond acceptors (Lipinski definition) is 1. The molecule has 0 aliphatic heterocycles. The average Bonchev–Trinajstić information content (AvgIpc) is 2.31. The molecule has 62 valence electrons. The van der Waals surface area contributed by atoms with Gasteiger partial charge in [-0.05, 0) is 34.5 Å². The van der Waals surface area contributed by atoms with Crippen molar-refractivity contribution in [1.82, 2.24) is 9.97 Å². The van der Waals surface area contributed by atoms with E-state index in [1.165, 1.54) is 0 Å². The summed E-state index contributed by atoms with van der Waals surface area (Å²) in [6.45, 7) is 2.01. The molecule has 2 aromatic heterocycles. The molecule has 0 unspecified atom stereocenters. The second-order valence-electron chi connectivity index (χ2n) is 2.62. The third kappa shape index (κ3) is 1.13. The number of hydrogen-bond donors (Lipinski definition) is 1. The summed E-state index contributed by atoms with van der Waals surface area (Å²) in [5, 5.41) is 1.62. The van der Waals surface area contributed by atoms with Crippen molar-refractivity contribution in [3.63, 3.8) is 0 Å². The summed E-state index contributed by atoms with van der Waals surface area (Å²) < 4.78 is 1.03. The van der Waals surface area contributed by atoms with Crippen LogP contribution < -0.4 is 0 Å². The van der Waals surface area contributed by atoms with Crippen molar-refractivity contribution in [2.24, 2.45) is 0 Å². The van der Waals surface area contributed by atoms with Gasteiger partial charge in [-0.3, -0.25) is 0 Å². The van der Waals surface area contributed by atoms with Crippen LogP contribution in [0.3, 0.4) is 0 Å². The Bertz CT molecular complexity index is 436. The monoisotopic (exact) mass is 244 g/mol. The van der Waals surface area contributed by atoms with Crippen molar-refractivity contribution >= 4 is 38.6 Å². The highest BCUT2D eigenvalue weighted by atomic mass is 79.9. The first-order valence-corrected chi connectivity index (χ1v) is 4.65. The number of nitrogens with one attached hydrogen (secondary N) is 1. The van der Waals surface area contributed by atoms with E-state index >= 15 is 0 Å². The van der Waals surface area contributed by atoms with Crippen molar-refractivity contribution < 1.29 is 0 Å². The highest BCUT2D eigenvalue weighted by Crippen LogP contribution is 2.26. The van der Waals surface area contributed by atoms with Gasteiger partial charge in [0.1, 0.15) is 10.8 Å². The van der Waals surface area contributed by atoms with E-state index in [1.807, 2.05) is 19.2 Å². The molecular weight excluding hydrogens is 239 g/mol. The molecular formula is C8H6BrClN2. The van der Waals surface area contributed by atoms with Crippen LogP contribution in [0.25, 0.3) is 11.0 Å². The summed E-state index contributed by atoms with van der Waals surface area (Å²) >= 11 is 9.21. The molecule has 0 saturated heterocycles. The van der Waals surface area contributed by atoms with E-state index in [0.29, 0.717) is 5.15 Å². The molecule has 0 radical (unpaired) electrons. The molecule has 0 amide bonds. The van der Waals surface area contributed by atoms with E-state index in [0.717, 1.165) is 21.1 Å². The summed E-state index contributed by atoms with van der Waals surface area (Å²) in [7, 11) is 0. The maximum atomic E-state index is 5.79. The van der Waals surface area contributed by atoms with Gasteiger partial charge in [-0.15, -0.1) is 0 Å². The van der Waals surface area contributed by atoms with E-state index < -0.39 is 0 Å². The SMILES string of the molecule is Cc1cc(Cl)nc2[nH]cc(Br)c12. The second-order valence-corrected chi connectivity index (χ2v) is 3.86. The number of aryl methyl sites for hydroxylation is 1. The lowest BCUT2D eigenvalue weighted by Gasteiger charge is -1.96. The topological polar surface area (TPSA) is 28.7 Å². The van der Waals surface area contributed by atoms with Crippen molar-refractivity contribution in [1.29, 1.82) is 0 Å². The number of rotatable bonds is 0. The van der Waals surface area contributed by atoms with Crippen LogP contribution in [0.1, 0.15) is 5.56 Å². The van der Waals surface area contributed by atoms with Gasteiger partial charge < -0.3 is 4.98 Å². The smallest absolute Gasteiger partial charge is 0.140 e. The summed E-state index contributed by atoms with van der Waals surface area (Å²) in [6.07, 6.45) is 1.86. The third-order valence-electron chi connectivity index (χ3n) is 1.76. The van der Waals surface area contributed by atoms with Gasteiger partial charge in [-0.2, -0.15) is 0 Å². The Morgan fingerprint density at radius 1 is 1.58 bits per heavy atom. The van der Waals surface area contributed by atoms with Gasteiger partial charge in [0.15, 0.2) is 0 Å². The van der Waals surface area contributed by atoms with E-state index in [4.69, 9.17) is 11.6 Å². The van der Waals surface area contributed by atoms with Gasteiger partial charge in [0.2, 0.25) is 0 Å². The molecule has 2 nitrogen and oxygen atoms in total. The van der Waals surface area contributed by atoms with Crippen LogP contribution in [0.15, 0.2) is 16.7 Å². The molecule has 0 spiro atoms. The molecule has 0 aromatic carbocycles. The molecule has 0 aliphatic rings. The minimum atomic E-state index is 0.523. The van der Waals surface area contributed by atoms with Crippen LogP contribution in [0.5, 0.6) is 0 Å². The first-order chi connectivity index (χ1) is 5.68.